The van der Waals surface area contributed by atoms with Crippen LogP contribution in [-0.4, -0.2) is 22.7 Å². The molecule has 0 bridgehead atoms. The Labute approximate surface area is 53.6 Å². The molecule has 0 saturated heterocycles. The van der Waals surface area contributed by atoms with E-state index in [0.29, 0.717) is 0 Å². The van der Waals surface area contributed by atoms with Gasteiger partial charge in [0.15, 0.2) is 0 Å². The Kier molecular flexibility index (Phi) is 3.16. The summed E-state index contributed by atoms with van der Waals surface area (Å²) in [5.41, 5.74) is 0. The van der Waals surface area contributed by atoms with Crippen LogP contribution < -0.4 is 0 Å². The predicted molar refractivity (Wildman–Crippen MR) is 32.7 cm³/mol. The summed E-state index contributed by atoms with van der Waals surface area (Å²) in [5.74, 6) is -0.0320. The fraction of sp³-hybridized carbons (Fsp3) is 1.00. The highest BCUT2D eigenvalue weighted by molar-refractivity contribution is 4.56. The molecule has 0 amide bonds. The molecule has 0 aliphatic carbocycles. The summed E-state index contributed by atoms with van der Waals surface area (Å²) >= 11 is 0. The lowest BCUT2D eigenvalue weighted by molar-refractivity contribution is -0.492. The van der Waals surface area contributed by atoms with Crippen molar-refractivity contribution in [1.82, 2.24) is 0 Å². The lowest BCUT2D eigenvalue weighted by atomic mass is 10.1. The van der Waals surface area contributed by atoms with Crippen LogP contribution in [0.5, 0.6) is 0 Å². The molecule has 0 radical (unpaired) electrons. The Morgan fingerprint density at radius 2 is 2.11 bits per heavy atom. The van der Waals surface area contributed by atoms with E-state index in [0.717, 1.165) is 0 Å². The third kappa shape index (κ3) is 3.90. The van der Waals surface area contributed by atoms with Gasteiger partial charge in [0.25, 0.3) is 0 Å². The normalized spacial score (nSPS) is 13.8. The van der Waals surface area contributed by atoms with Crippen LogP contribution in [0.1, 0.15) is 13.8 Å². The molecule has 0 aliphatic heterocycles. The van der Waals surface area contributed by atoms with Crippen LogP contribution in [0.25, 0.3) is 0 Å². The number of nitro groups is 1. The smallest absolute Gasteiger partial charge is 0.229 e. The predicted octanol–water partition coefficient (Wildman–Crippen LogP) is 0.280. The molecule has 0 aliphatic rings. The number of nitrogens with zero attached hydrogens (tertiary/aromatic N) is 1. The Bertz CT molecular complexity index is 102. The molecule has 0 aromatic carbocycles. The lowest BCUT2D eigenvalue weighted by Gasteiger charge is -2.07. The summed E-state index contributed by atoms with van der Waals surface area (Å²) in [6.45, 7) is 3.14. The van der Waals surface area contributed by atoms with Gasteiger partial charge in [-0.1, -0.05) is 13.8 Å². The molecule has 0 spiro atoms. The van der Waals surface area contributed by atoms with Crippen LogP contribution in [0.3, 0.4) is 0 Å². The van der Waals surface area contributed by atoms with Crippen LogP contribution in [0.2, 0.25) is 0 Å². The number of aliphatic hydroxyl groups excluding tert-OH is 1. The van der Waals surface area contributed by atoms with Crippen LogP contribution in [-0.2, 0) is 0 Å². The zero-order valence-electron chi connectivity index (χ0n) is 5.57. The fourth-order valence-electron chi connectivity index (χ4n) is 0.364. The number of hydrogen-bond donors (Lipinski definition) is 1. The first-order chi connectivity index (χ1) is 4.04. The molecular weight excluding hydrogens is 122 g/mol. The third-order valence-electron chi connectivity index (χ3n) is 1.11. The average molecular weight is 133 g/mol. The van der Waals surface area contributed by atoms with Crippen molar-refractivity contribution in [3.8, 4) is 0 Å². The minimum atomic E-state index is -0.806. The molecule has 4 nitrogen and oxygen atoms in total. The van der Waals surface area contributed by atoms with E-state index in [4.69, 9.17) is 5.11 Å². The summed E-state index contributed by atoms with van der Waals surface area (Å²) in [4.78, 5) is 9.25. The summed E-state index contributed by atoms with van der Waals surface area (Å²) in [6.07, 6.45) is -0.806. The highest BCUT2D eigenvalue weighted by atomic mass is 16.6. The lowest BCUT2D eigenvalue weighted by Crippen LogP contribution is -2.24. The van der Waals surface area contributed by atoms with Crippen molar-refractivity contribution in [3.05, 3.63) is 10.1 Å². The Morgan fingerprint density at radius 1 is 1.67 bits per heavy atom. The Hall–Kier alpha value is -0.640. The monoisotopic (exact) mass is 133 g/mol. The second-order valence-corrected chi connectivity index (χ2v) is 2.33. The molecule has 0 fully saturated rings. The molecule has 0 unspecified atom stereocenters. The van der Waals surface area contributed by atoms with Crippen LogP contribution in [0.15, 0.2) is 0 Å². The first-order valence-corrected chi connectivity index (χ1v) is 2.84. The van der Waals surface area contributed by atoms with Gasteiger partial charge in [0.05, 0.1) is 0 Å². The van der Waals surface area contributed by atoms with E-state index in [1.54, 1.807) is 13.8 Å². The van der Waals surface area contributed by atoms with Gasteiger partial charge in [-0.05, 0) is 5.92 Å². The summed E-state index contributed by atoms with van der Waals surface area (Å²) in [5, 5.41) is 18.6. The SMILES string of the molecule is CC(C)[C@H](O)C[N+](=O)[O-]. The highest BCUT2D eigenvalue weighted by Crippen LogP contribution is 1.99. The second-order valence-electron chi connectivity index (χ2n) is 2.33. The van der Waals surface area contributed by atoms with Gasteiger partial charge in [0.1, 0.15) is 6.10 Å². The van der Waals surface area contributed by atoms with E-state index >= 15 is 0 Å². The van der Waals surface area contributed by atoms with E-state index in [9.17, 15) is 10.1 Å². The molecule has 1 atom stereocenters. The molecule has 0 rings (SSSR count). The fourth-order valence-corrected chi connectivity index (χ4v) is 0.364. The van der Waals surface area contributed by atoms with Crippen LogP contribution in [0, 0.1) is 16.0 Å². The van der Waals surface area contributed by atoms with E-state index in [2.05, 4.69) is 0 Å². The van der Waals surface area contributed by atoms with Gasteiger partial charge in [-0.2, -0.15) is 0 Å². The van der Waals surface area contributed by atoms with Crippen LogP contribution in [0.4, 0.5) is 0 Å². The standard InChI is InChI=1S/C5H11NO3/c1-4(2)5(7)3-6(8)9/h4-5,7H,3H2,1-2H3/t5-/m1/s1. The first kappa shape index (κ1) is 8.36. The molecule has 54 valence electrons. The number of hydrogen-bond acceptors (Lipinski definition) is 3. The minimum absolute atomic E-state index is 0.0320. The van der Waals surface area contributed by atoms with Crippen molar-refractivity contribution >= 4 is 0 Å². The summed E-state index contributed by atoms with van der Waals surface area (Å²) in [7, 11) is 0. The first-order valence-electron chi connectivity index (χ1n) is 2.84. The van der Waals surface area contributed by atoms with Gasteiger partial charge in [0.2, 0.25) is 6.54 Å². The Morgan fingerprint density at radius 3 is 2.22 bits per heavy atom. The number of rotatable bonds is 3. The van der Waals surface area contributed by atoms with E-state index < -0.39 is 11.0 Å². The van der Waals surface area contributed by atoms with Gasteiger partial charge in [-0.25, -0.2) is 0 Å². The summed E-state index contributed by atoms with van der Waals surface area (Å²) < 4.78 is 0. The molecule has 9 heavy (non-hydrogen) atoms. The van der Waals surface area contributed by atoms with Crippen molar-refractivity contribution in [2.24, 2.45) is 5.92 Å². The van der Waals surface area contributed by atoms with Gasteiger partial charge >= 0.3 is 0 Å². The van der Waals surface area contributed by atoms with Gasteiger partial charge in [-0.15, -0.1) is 0 Å². The van der Waals surface area contributed by atoms with Crippen molar-refractivity contribution in [2.45, 2.75) is 20.0 Å². The van der Waals surface area contributed by atoms with E-state index in [1.807, 2.05) is 0 Å². The maximum absolute atomic E-state index is 9.76. The topological polar surface area (TPSA) is 63.4 Å². The minimum Gasteiger partial charge on any atom is -0.386 e. The Balaban J connectivity index is 3.50. The molecule has 1 N–H and O–H groups in total. The zero-order valence-corrected chi connectivity index (χ0v) is 5.57. The van der Waals surface area contributed by atoms with Crippen molar-refractivity contribution in [2.75, 3.05) is 6.54 Å². The van der Waals surface area contributed by atoms with Crippen molar-refractivity contribution in [1.29, 1.82) is 0 Å². The highest BCUT2D eigenvalue weighted by Gasteiger charge is 2.14. The van der Waals surface area contributed by atoms with Gasteiger partial charge < -0.3 is 5.11 Å². The molecule has 0 saturated carbocycles. The summed E-state index contributed by atoms with van der Waals surface area (Å²) in [6, 6.07) is 0. The average Bonchev–Trinajstić information content (AvgIpc) is 1.63. The van der Waals surface area contributed by atoms with Crippen LogP contribution >= 0.6 is 0 Å². The molecule has 0 aromatic rings. The molecule has 0 heterocycles. The number of aliphatic hydroxyl groups is 1. The molecular formula is C5H11NO3. The maximum Gasteiger partial charge on any atom is 0.229 e. The van der Waals surface area contributed by atoms with Gasteiger partial charge in [-0.3, -0.25) is 10.1 Å². The molecule has 0 aromatic heterocycles. The quantitative estimate of drug-likeness (QED) is 0.444. The second kappa shape index (κ2) is 3.40. The van der Waals surface area contributed by atoms with E-state index in [-0.39, 0.29) is 12.5 Å². The van der Waals surface area contributed by atoms with Crippen molar-refractivity contribution in [3.63, 3.8) is 0 Å². The van der Waals surface area contributed by atoms with Crippen molar-refractivity contribution < 1.29 is 10.0 Å². The van der Waals surface area contributed by atoms with Gasteiger partial charge in [0, 0.05) is 4.92 Å². The maximum atomic E-state index is 9.76. The third-order valence-corrected chi connectivity index (χ3v) is 1.11. The molecule has 4 heteroatoms. The van der Waals surface area contributed by atoms with E-state index in [1.165, 1.54) is 0 Å². The largest absolute Gasteiger partial charge is 0.386 e. The zero-order chi connectivity index (χ0) is 7.44.